The van der Waals surface area contributed by atoms with E-state index in [4.69, 9.17) is 5.11 Å². The van der Waals surface area contributed by atoms with Crippen molar-refractivity contribution < 1.29 is 5.11 Å². The number of aryl methyl sites for hydroxylation is 1. The summed E-state index contributed by atoms with van der Waals surface area (Å²) in [6.07, 6.45) is 3.96. The van der Waals surface area contributed by atoms with Crippen LogP contribution in [0.15, 0.2) is 41.5 Å². The van der Waals surface area contributed by atoms with E-state index in [1.807, 2.05) is 24.3 Å². The fourth-order valence-corrected chi connectivity index (χ4v) is 1.81. The van der Waals surface area contributed by atoms with Crippen LogP contribution in [0.2, 0.25) is 0 Å². The van der Waals surface area contributed by atoms with Gasteiger partial charge in [0.25, 0.3) is 0 Å². The minimum Gasteiger partial charge on any atom is -0.395 e. The molecule has 2 aromatic rings. The van der Waals surface area contributed by atoms with Gasteiger partial charge in [0.1, 0.15) is 0 Å². The van der Waals surface area contributed by atoms with E-state index in [1.165, 1.54) is 0 Å². The first-order valence-electron chi connectivity index (χ1n) is 6.12. The molecule has 2 rings (SSSR count). The van der Waals surface area contributed by atoms with E-state index in [0.717, 1.165) is 11.1 Å². The topological polar surface area (TPSA) is 47.2 Å². The van der Waals surface area contributed by atoms with Crippen molar-refractivity contribution in [2.45, 2.75) is 13.0 Å². The van der Waals surface area contributed by atoms with Crippen molar-refractivity contribution in [3.63, 3.8) is 0 Å². The molecule has 0 bridgehead atoms. The summed E-state index contributed by atoms with van der Waals surface area (Å²) in [7, 11) is 1.73. The lowest BCUT2D eigenvalue weighted by Gasteiger charge is -2.04. The SMILES string of the molecule is Cn1ccn(Cc2ccccc2C#CCCO)c1=O. The number of hydrogen-bond acceptors (Lipinski definition) is 2. The molecule has 0 saturated carbocycles. The lowest BCUT2D eigenvalue weighted by atomic mass is 10.1. The second-order valence-electron chi connectivity index (χ2n) is 4.25. The van der Waals surface area contributed by atoms with Crippen molar-refractivity contribution in [2.24, 2.45) is 7.05 Å². The Kier molecular flexibility index (Phi) is 4.22. The predicted octanol–water partition coefficient (Wildman–Crippen LogP) is 0.969. The molecule has 1 aromatic heterocycles. The number of hydrogen-bond donors (Lipinski definition) is 1. The smallest absolute Gasteiger partial charge is 0.328 e. The molecule has 4 nitrogen and oxygen atoms in total. The third-order valence-corrected chi connectivity index (χ3v) is 2.84. The largest absolute Gasteiger partial charge is 0.395 e. The molecule has 4 heteroatoms. The summed E-state index contributed by atoms with van der Waals surface area (Å²) in [5.41, 5.74) is 1.85. The zero-order chi connectivity index (χ0) is 13.7. The summed E-state index contributed by atoms with van der Waals surface area (Å²) in [5.74, 6) is 5.93. The molecule has 1 N–H and O–H groups in total. The third kappa shape index (κ3) is 3.15. The molecular formula is C15H16N2O2. The van der Waals surface area contributed by atoms with E-state index in [1.54, 1.807) is 28.6 Å². The number of rotatable bonds is 3. The summed E-state index contributed by atoms with van der Waals surface area (Å²) in [4.78, 5) is 11.8. The highest BCUT2D eigenvalue weighted by Gasteiger charge is 2.03. The maximum Gasteiger partial charge on any atom is 0.328 e. The quantitative estimate of drug-likeness (QED) is 0.832. The molecule has 1 aromatic carbocycles. The lowest BCUT2D eigenvalue weighted by Crippen LogP contribution is -2.22. The average molecular weight is 256 g/mol. The minimum atomic E-state index is -0.0434. The van der Waals surface area contributed by atoms with Gasteiger partial charge >= 0.3 is 5.69 Å². The van der Waals surface area contributed by atoms with Crippen LogP contribution in [0.25, 0.3) is 0 Å². The Morgan fingerprint density at radius 1 is 1.26 bits per heavy atom. The van der Waals surface area contributed by atoms with Gasteiger partial charge in [0.15, 0.2) is 0 Å². The van der Waals surface area contributed by atoms with Crippen molar-refractivity contribution in [1.29, 1.82) is 0 Å². The highest BCUT2D eigenvalue weighted by Crippen LogP contribution is 2.08. The zero-order valence-corrected chi connectivity index (χ0v) is 10.8. The van der Waals surface area contributed by atoms with Crippen molar-refractivity contribution in [1.82, 2.24) is 9.13 Å². The predicted molar refractivity (Wildman–Crippen MR) is 73.8 cm³/mol. The standard InChI is InChI=1S/C15H16N2O2/c1-16-9-10-17(15(16)19)12-14-8-3-2-6-13(14)7-4-5-11-18/h2-3,6,8-10,18H,5,11-12H2,1H3. The first-order chi connectivity index (χ1) is 9.22. The molecule has 0 atom stereocenters. The maximum absolute atomic E-state index is 11.8. The molecule has 19 heavy (non-hydrogen) atoms. The van der Waals surface area contributed by atoms with Crippen molar-refractivity contribution in [2.75, 3.05) is 6.61 Å². The summed E-state index contributed by atoms with van der Waals surface area (Å²) < 4.78 is 3.19. The first-order valence-corrected chi connectivity index (χ1v) is 6.12. The van der Waals surface area contributed by atoms with Gasteiger partial charge in [-0.3, -0.25) is 4.57 Å². The zero-order valence-electron chi connectivity index (χ0n) is 10.8. The summed E-state index contributed by atoms with van der Waals surface area (Å²) in [6, 6.07) is 7.73. The molecule has 1 heterocycles. The van der Waals surface area contributed by atoms with Gasteiger partial charge in [-0.25, -0.2) is 4.79 Å². The Labute approximate surface area is 111 Å². The average Bonchev–Trinajstić information content (AvgIpc) is 2.73. The molecule has 0 saturated heterocycles. The fourth-order valence-electron chi connectivity index (χ4n) is 1.81. The summed E-state index contributed by atoms with van der Waals surface area (Å²) in [5, 5.41) is 8.74. The van der Waals surface area contributed by atoms with Gasteiger partial charge in [-0.2, -0.15) is 0 Å². The molecule has 0 aliphatic carbocycles. The van der Waals surface area contributed by atoms with Crippen LogP contribution in [0.5, 0.6) is 0 Å². The van der Waals surface area contributed by atoms with Crippen molar-refractivity contribution >= 4 is 0 Å². The Hall–Kier alpha value is -2.25. The molecule has 0 aliphatic heterocycles. The van der Waals surface area contributed by atoms with Gasteiger partial charge in [0.05, 0.1) is 13.2 Å². The van der Waals surface area contributed by atoms with E-state index in [-0.39, 0.29) is 12.3 Å². The van der Waals surface area contributed by atoms with Crippen LogP contribution in [0.3, 0.4) is 0 Å². The van der Waals surface area contributed by atoms with Gasteiger partial charge in [-0.15, -0.1) is 0 Å². The van der Waals surface area contributed by atoms with E-state index >= 15 is 0 Å². The van der Waals surface area contributed by atoms with Gasteiger partial charge in [-0.05, 0) is 11.6 Å². The molecule has 0 amide bonds. The highest BCUT2D eigenvalue weighted by atomic mass is 16.2. The van der Waals surface area contributed by atoms with Crippen LogP contribution in [0.4, 0.5) is 0 Å². The molecular weight excluding hydrogens is 240 g/mol. The van der Waals surface area contributed by atoms with Crippen LogP contribution < -0.4 is 5.69 Å². The summed E-state index contributed by atoms with van der Waals surface area (Å²) >= 11 is 0. The van der Waals surface area contributed by atoms with Gasteiger partial charge in [0.2, 0.25) is 0 Å². The Morgan fingerprint density at radius 3 is 2.74 bits per heavy atom. The number of aliphatic hydroxyl groups excluding tert-OH is 1. The van der Waals surface area contributed by atoms with Crippen LogP contribution in [0.1, 0.15) is 17.5 Å². The van der Waals surface area contributed by atoms with Gasteiger partial charge < -0.3 is 9.67 Å². The first kappa shape index (κ1) is 13.2. The van der Waals surface area contributed by atoms with Gasteiger partial charge in [0, 0.05) is 31.4 Å². The number of aliphatic hydroxyl groups is 1. The molecule has 0 radical (unpaired) electrons. The summed E-state index contributed by atoms with van der Waals surface area (Å²) in [6.45, 7) is 0.566. The Morgan fingerprint density at radius 2 is 2.05 bits per heavy atom. The monoisotopic (exact) mass is 256 g/mol. The van der Waals surface area contributed by atoms with E-state index in [2.05, 4.69) is 11.8 Å². The van der Waals surface area contributed by atoms with E-state index in [0.29, 0.717) is 13.0 Å². The Balaban J connectivity index is 2.28. The number of imidazole rings is 1. The van der Waals surface area contributed by atoms with E-state index in [9.17, 15) is 4.79 Å². The van der Waals surface area contributed by atoms with Crippen LogP contribution >= 0.6 is 0 Å². The van der Waals surface area contributed by atoms with E-state index < -0.39 is 0 Å². The fraction of sp³-hybridized carbons (Fsp3) is 0.267. The third-order valence-electron chi connectivity index (χ3n) is 2.84. The van der Waals surface area contributed by atoms with Crippen LogP contribution in [0, 0.1) is 11.8 Å². The number of nitrogens with zero attached hydrogens (tertiary/aromatic N) is 2. The maximum atomic E-state index is 11.8. The number of aromatic nitrogens is 2. The molecule has 0 unspecified atom stereocenters. The highest BCUT2D eigenvalue weighted by molar-refractivity contribution is 5.41. The van der Waals surface area contributed by atoms with Crippen molar-refractivity contribution in [3.05, 3.63) is 58.3 Å². The van der Waals surface area contributed by atoms with Crippen molar-refractivity contribution in [3.8, 4) is 11.8 Å². The second-order valence-corrected chi connectivity index (χ2v) is 4.25. The minimum absolute atomic E-state index is 0.0434. The Bertz CT molecular complexity index is 671. The lowest BCUT2D eigenvalue weighted by molar-refractivity contribution is 0.305. The normalized spacial score (nSPS) is 10.0. The molecule has 0 aliphatic rings. The van der Waals surface area contributed by atoms with Crippen LogP contribution in [-0.2, 0) is 13.6 Å². The molecule has 0 spiro atoms. The molecule has 98 valence electrons. The van der Waals surface area contributed by atoms with Crippen LogP contribution in [-0.4, -0.2) is 20.8 Å². The van der Waals surface area contributed by atoms with Gasteiger partial charge in [-0.1, -0.05) is 30.0 Å². The molecule has 0 fully saturated rings. The number of benzene rings is 1. The second kappa shape index (κ2) is 6.07.